The van der Waals surface area contributed by atoms with Gasteiger partial charge in [0.05, 0.1) is 7.11 Å². The Morgan fingerprint density at radius 3 is 1.90 bits per heavy atom. The molecule has 0 aromatic heterocycles. The van der Waals surface area contributed by atoms with Crippen LogP contribution >= 0.6 is 0 Å². The van der Waals surface area contributed by atoms with Crippen LogP contribution in [0.15, 0.2) is 0 Å². The van der Waals surface area contributed by atoms with Crippen LogP contribution in [0.2, 0.25) is 0 Å². The molecule has 120 valence electrons. The highest BCUT2D eigenvalue weighted by atomic mass is 16.5. The summed E-state index contributed by atoms with van der Waals surface area (Å²) >= 11 is 0. The van der Waals surface area contributed by atoms with Crippen molar-refractivity contribution in [2.45, 2.75) is 84.5 Å². The van der Waals surface area contributed by atoms with Crippen molar-refractivity contribution in [1.82, 2.24) is 5.32 Å². The SMILES string of the molecule is CCCCCCC(CCCCCC)CCNC(=O)OC. The number of rotatable bonds is 13. The number of carbonyl (C=O) groups is 1. The lowest BCUT2D eigenvalue weighted by Crippen LogP contribution is -2.25. The molecule has 1 N–H and O–H groups in total. The van der Waals surface area contributed by atoms with Gasteiger partial charge in [0.1, 0.15) is 0 Å². The first-order valence-corrected chi connectivity index (χ1v) is 8.56. The van der Waals surface area contributed by atoms with E-state index in [2.05, 4.69) is 23.9 Å². The number of carbonyl (C=O) groups excluding carboxylic acids is 1. The van der Waals surface area contributed by atoms with Crippen LogP contribution < -0.4 is 5.32 Å². The molecule has 0 unspecified atom stereocenters. The lowest BCUT2D eigenvalue weighted by atomic mass is 9.92. The molecule has 0 atom stereocenters. The van der Waals surface area contributed by atoms with E-state index < -0.39 is 0 Å². The summed E-state index contributed by atoms with van der Waals surface area (Å²) in [6, 6.07) is 0. The van der Waals surface area contributed by atoms with Gasteiger partial charge in [0.25, 0.3) is 0 Å². The van der Waals surface area contributed by atoms with Crippen LogP contribution in [0, 0.1) is 5.92 Å². The quantitative estimate of drug-likeness (QED) is 0.467. The highest BCUT2D eigenvalue weighted by Crippen LogP contribution is 2.21. The topological polar surface area (TPSA) is 38.3 Å². The van der Waals surface area contributed by atoms with E-state index in [4.69, 9.17) is 0 Å². The average molecular weight is 285 g/mol. The zero-order valence-electron chi connectivity index (χ0n) is 13.9. The fraction of sp³-hybridized carbons (Fsp3) is 0.941. The third-order valence-electron chi connectivity index (χ3n) is 3.94. The van der Waals surface area contributed by atoms with Crippen LogP contribution in [0.1, 0.15) is 84.5 Å². The summed E-state index contributed by atoms with van der Waals surface area (Å²) in [6.07, 6.45) is 14.1. The van der Waals surface area contributed by atoms with E-state index in [0.717, 1.165) is 18.9 Å². The summed E-state index contributed by atoms with van der Waals surface area (Å²) in [4.78, 5) is 11.1. The molecule has 1 amide bonds. The first kappa shape index (κ1) is 19.3. The van der Waals surface area contributed by atoms with Crippen LogP contribution in [-0.4, -0.2) is 19.7 Å². The minimum absolute atomic E-state index is 0.305. The van der Waals surface area contributed by atoms with Gasteiger partial charge in [-0.3, -0.25) is 0 Å². The minimum Gasteiger partial charge on any atom is -0.453 e. The summed E-state index contributed by atoms with van der Waals surface area (Å²) in [7, 11) is 1.42. The van der Waals surface area contributed by atoms with Gasteiger partial charge in [-0.2, -0.15) is 0 Å². The smallest absolute Gasteiger partial charge is 0.406 e. The summed E-state index contributed by atoms with van der Waals surface area (Å²) in [5.41, 5.74) is 0. The number of hydrogen-bond donors (Lipinski definition) is 1. The van der Waals surface area contributed by atoms with Crippen molar-refractivity contribution in [2.75, 3.05) is 13.7 Å². The summed E-state index contributed by atoms with van der Waals surface area (Å²) in [5, 5.41) is 2.80. The van der Waals surface area contributed by atoms with Crippen LogP contribution in [-0.2, 0) is 4.74 Å². The molecule has 0 bridgehead atoms. The van der Waals surface area contributed by atoms with Gasteiger partial charge in [0.15, 0.2) is 0 Å². The maximum Gasteiger partial charge on any atom is 0.406 e. The maximum atomic E-state index is 11.1. The predicted octanol–water partition coefficient (Wildman–Crippen LogP) is 5.29. The van der Waals surface area contributed by atoms with E-state index in [1.807, 2.05) is 0 Å². The second-order valence-electron chi connectivity index (χ2n) is 5.77. The lowest BCUT2D eigenvalue weighted by molar-refractivity contribution is 0.170. The molecule has 0 radical (unpaired) electrons. The molecule has 3 nitrogen and oxygen atoms in total. The second kappa shape index (κ2) is 14.7. The molecule has 0 aliphatic rings. The second-order valence-corrected chi connectivity index (χ2v) is 5.77. The molecule has 0 heterocycles. The van der Waals surface area contributed by atoms with E-state index >= 15 is 0 Å². The molecule has 0 rings (SSSR count). The molecule has 0 aromatic rings. The number of alkyl carbamates (subject to hydrolysis) is 1. The fourth-order valence-corrected chi connectivity index (χ4v) is 2.60. The summed E-state index contributed by atoms with van der Waals surface area (Å²) in [6.45, 7) is 5.25. The zero-order chi connectivity index (χ0) is 15.1. The van der Waals surface area contributed by atoms with E-state index in [0.29, 0.717) is 0 Å². The maximum absolute atomic E-state index is 11.1. The van der Waals surface area contributed by atoms with Gasteiger partial charge in [0.2, 0.25) is 0 Å². The standard InChI is InChI=1S/C17H35NO2/c1-4-6-8-10-12-16(13-11-9-7-5-2)14-15-18-17(19)20-3/h16H,4-15H2,1-3H3,(H,18,19). The van der Waals surface area contributed by atoms with Crippen LogP contribution in [0.25, 0.3) is 0 Å². The highest BCUT2D eigenvalue weighted by molar-refractivity contribution is 5.66. The van der Waals surface area contributed by atoms with Crippen molar-refractivity contribution in [3.05, 3.63) is 0 Å². The molecule has 0 spiro atoms. The van der Waals surface area contributed by atoms with Crippen molar-refractivity contribution >= 4 is 6.09 Å². The first-order chi connectivity index (χ1) is 9.74. The number of amides is 1. The molecule has 20 heavy (non-hydrogen) atoms. The van der Waals surface area contributed by atoms with Crippen LogP contribution in [0.3, 0.4) is 0 Å². The Morgan fingerprint density at radius 1 is 0.900 bits per heavy atom. The van der Waals surface area contributed by atoms with E-state index in [-0.39, 0.29) is 6.09 Å². The zero-order valence-corrected chi connectivity index (χ0v) is 13.9. The number of methoxy groups -OCH3 is 1. The Kier molecular flexibility index (Phi) is 14.1. The highest BCUT2D eigenvalue weighted by Gasteiger charge is 2.09. The van der Waals surface area contributed by atoms with Gasteiger partial charge < -0.3 is 10.1 Å². The molecule has 0 aliphatic carbocycles. The van der Waals surface area contributed by atoms with Gasteiger partial charge in [-0.15, -0.1) is 0 Å². The Bertz CT molecular complexity index is 207. The van der Waals surface area contributed by atoms with Gasteiger partial charge in [-0.25, -0.2) is 4.79 Å². The van der Waals surface area contributed by atoms with E-state index in [9.17, 15) is 4.79 Å². The first-order valence-electron chi connectivity index (χ1n) is 8.56. The lowest BCUT2D eigenvalue weighted by Gasteiger charge is -2.17. The fourth-order valence-electron chi connectivity index (χ4n) is 2.60. The number of ether oxygens (including phenoxy) is 1. The number of hydrogen-bond acceptors (Lipinski definition) is 2. The van der Waals surface area contributed by atoms with Crippen molar-refractivity contribution in [1.29, 1.82) is 0 Å². The van der Waals surface area contributed by atoms with Gasteiger partial charge in [-0.05, 0) is 12.3 Å². The van der Waals surface area contributed by atoms with Crippen LogP contribution in [0.5, 0.6) is 0 Å². The van der Waals surface area contributed by atoms with Gasteiger partial charge >= 0.3 is 6.09 Å². The molecule has 0 saturated heterocycles. The molecule has 0 aromatic carbocycles. The minimum atomic E-state index is -0.305. The van der Waals surface area contributed by atoms with Gasteiger partial charge in [-0.1, -0.05) is 78.1 Å². The summed E-state index contributed by atoms with van der Waals surface area (Å²) in [5.74, 6) is 0.765. The Hall–Kier alpha value is -0.730. The Balaban J connectivity index is 3.81. The van der Waals surface area contributed by atoms with Crippen molar-refractivity contribution in [3.63, 3.8) is 0 Å². The Morgan fingerprint density at radius 2 is 1.45 bits per heavy atom. The van der Waals surface area contributed by atoms with Crippen molar-refractivity contribution in [2.24, 2.45) is 5.92 Å². The van der Waals surface area contributed by atoms with Crippen LogP contribution in [0.4, 0.5) is 4.79 Å². The van der Waals surface area contributed by atoms with E-state index in [1.165, 1.54) is 71.3 Å². The molecular weight excluding hydrogens is 250 g/mol. The number of unbranched alkanes of at least 4 members (excludes halogenated alkanes) is 6. The number of nitrogens with one attached hydrogen (secondary N) is 1. The Labute approximate surface area is 125 Å². The van der Waals surface area contributed by atoms with Crippen molar-refractivity contribution in [3.8, 4) is 0 Å². The molecular formula is C17H35NO2. The van der Waals surface area contributed by atoms with Crippen molar-refractivity contribution < 1.29 is 9.53 Å². The normalized spacial score (nSPS) is 10.8. The molecule has 0 fully saturated rings. The largest absolute Gasteiger partial charge is 0.453 e. The van der Waals surface area contributed by atoms with Gasteiger partial charge in [0, 0.05) is 6.54 Å². The molecule has 3 heteroatoms. The monoisotopic (exact) mass is 285 g/mol. The average Bonchev–Trinajstić information content (AvgIpc) is 2.47. The third kappa shape index (κ3) is 12.3. The molecule has 0 saturated carbocycles. The summed E-state index contributed by atoms with van der Waals surface area (Å²) < 4.78 is 4.61. The predicted molar refractivity (Wildman–Crippen MR) is 86.0 cm³/mol. The third-order valence-corrected chi connectivity index (χ3v) is 3.94. The van der Waals surface area contributed by atoms with E-state index in [1.54, 1.807) is 0 Å². The molecule has 0 aliphatic heterocycles.